The van der Waals surface area contributed by atoms with Crippen molar-refractivity contribution in [2.24, 2.45) is 0 Å². The highest BCUT2D eigenvalue weighted by Gasteiger charge is 2.51. The first-order valence-corrected chi connectivity index (χ1v) is 10.3. The van der Waals surface area contributed by atoms with Crippen molar-refractivity contribution in [2.45, 2.75) is 35.5 Å². The number of carbonyl (C=O) groups is 1. The largest absolute Gasteiger partial charge is 0.485 e. The fraction of sp³-hybridized carbons (Fsp3) is 0.316. The van der Waals surface area contributed by atoms with Crippen molar-refractivity contribution in [3.8, 4) is 11.5 Å². The third-order valence-electron chi connectivity index (χ3n) is 5.08. The number of rotatable bonds is 6. The maximum atomic E-state index is 13.1. The average molecular weight is 423 g/mol. The number of fused-ring (bicyclic) bond motifs is 3. The Balaban J connectivity index is 1.62. The Labute approximate surface area is 165 Å². The lowest BCUT2D eigenvalue weighted by Crippen LogP contribution is -2.43. The van der Waals surface area contributed by atoms with Crippen molar-refractivity contribution < 1.29 is 37.3 Å². The maximum Gasteiger partial charge on any atom is 0.341 e. The lowest BCUT2D eigenvalue weighted by atomic mass is 9.94. The fourth-order valence-corrected chi connectivity index (χ4v) is 5.15. The fourth-order valence-electron chi connectivity index (χ4n) is 3.86. The molecular formula is C19H18FNO7S. The van der Waals surface area contributed by atoms with Crippen molar-refractivity contribution in [1.29, 1.82) is 0 Å². The summed E-state index contributed by atoms with van der Waals surface area (Å²) in [6, 6.07) is 8.46. The molecule has 0 aromatic heterocycles. The van der Waals surface area contributed by atoms with E-state index in [1.54, 1.807) is 18.2 Å². The number of aliphatic hydroxyl groups excluding tert-OH is 1. The number of nitrogens with one attached hydrogen (secondary N) is 1. The molecule has 2 aliphatic rings. The van der Waals surface area contributed by atoms with Crippen LogP contribution in [0.15, 0.2) is 47.4 Å². The highest BCUT2D eigenvalue weighted by Crippen LogP contribution is 2.51. The molecule has 29 heavy (non-hydrogen) atoms. The van der Waals surface area contributed by atoms with Gasteiger partial charge >= 0.3 is 5.97 Å². The number of ether oxygens (including phenoxy) is 2. The molecule has 4 unspecified atom stereocenters. The summed E-state index contributed by atoms with van der Waals surface area (Å²) in [6.07, 6.45) is -1.29. The third kappa shape index (κ3) is 3.66. The first kappa shape index (κ1) is 19.6. The van der Waals surface area contributed by atoms with Gasteiger partial charge in [0.15, 0.2) is 18.1 Å². The summed E-state index contributed by atoms with van der Waals surface area (Å²) in [7, 11) is -4.01. The van der Waals surface area contributed by atoms with Crippen molar-refractivity contribution >= 4 is 16.0 Å². The SMILES string of the molecule is O=C(O)COc1cccc2c1OC1CC(O)C(NS(=O)(=O)c3ccc(F)cc3)C21. The van der Waals surface area contributed by atoms with E-state index in [1.165, 1.54) is 0 Å². The number of halogens is 1. The number of aliphatic carboxylic acids is 1. The van der Waals surface area contributed by atoms with Gasteiger partial charge in [0.05, 0.1) is 17.0 Å². The molecule has 2 aromatic rings. The number of hydrogen-bond donors (Lipinski definition) is 3. The number of benzene rings is 2. The molecule has 4 rings (SSSR count). The van der Waals surface area contributed by atoms with E-state index in [2.05, 4.69) is 4.72 Å². The molecule has 0 radical (unpaired) electrons. The number of sulfonamides is 1. The van der Waals surface area contributed by atoms with Gasteiger partial charge in [-0.15, -0.1) is 0 Å². The Morgan fingerprint density at radius 1 is 1.24 bits per heavy atom. The smallest absolute Gasteiger partial charge is 0.341 e. The first-order valence-electron chi connectivity index (χ1n) is 8.86. The van der Waals surface area contributed by atoms with E-state index in [0.29, 0.717) is 11.3 Å². The molecule has 1 fully saturated rings. The van der Waals surface area contributed by atoms with E-state index >= 15 is 0 Å². The summed E-state index contributed by atoms with van der Waals surface area (Å²) in [5.41, 5.74) is 0.626. The van der Waals surface area contributed by atoms with E-state index in [0.717, 1.165) is 24.3 Å². The predicted octanol–water partition coefficient (Wildman–Crippen LogP) is 1.25. The van der Waals surface area contributed by atoms with Gasteiger partial charge in [0, 0.05) is 17.9 Å². The molecule has 0 saturated heterocycles. The van der Waals surface area contributed by atoms with Gasteiger partial charge < -0.3 is 19.7 Å². The molecule has 154 valence electrons. The summed E-state index contributed by atoms with van der Waals surface area (Å²) in [4.78, 5) is 10.7. The van der Waals surface area contributed by atoms with E-state index in [9.17, 15) is 22.7 Å². The van der Waals surface area contributed by atoms with Crippen molar-refractivity contribution in [2.75, 3.05) is 6.61 Å². The molecule has 1 aliphatic carbocycles. The van der Waals surface area contributed by atoms with Crippen LogP contribution in [0.5, 0.6) is 11.5 Å². The summed E-state index contributed by atoms with van der Waals surface area (Å²) in [5, 5.41) is 19.3. The van der Waals surface area contributed by atoms with Gasteiger partial charge in [-0.25, -0.2) is 22.3 Å². The van der Waals surface area contributed by atoms with Crippen LogP contribution in [0.3, 0.4) is 0 Å². The number of aliphatic hydroxyl groups is 1. The van der Waals surface area contributed by atoms with E-state index in [1.807, 2.05) is 0 Å². The molecule has 8 nitrogen and oxygen atoms in total. The predicted molar refractivity (Wildman–Crippen MR) is 97.9 cm³/mol. The normalized spacial score (nSPS) is 25.2. The molecule has 0 bridgehead atoms. The van der Waals surface area contributed by atoms with Crippen molar-refractivity contribution in [3.05, 3.63) is 53.8 Å². The van der Waals surface area contributed by atoms with Gasteiger partial charge in [0.2, 0.25) is 10.0 Å². The van der Waals surface area contributed by atoms with E-state index in [4.69, 9.17) is 14.6 Å². The minimum absolute atomic E-state index is 0.118. The molecule has 0 spiro atoms. The van der Waals surface area contributed by atoms with Crippen molar-refractivity contribution in [1.82, 2.24) is 4.72 Å². The molecule has 1 aliphatic heterocycles. The van der Waals surface area contributed by atoms with Gasteiger partial charge in [-0.1, -0.05) is 12.1 Å². The standard InChI is InChI=1S/C19H18FNO7S/c20-10-4-6-11(7-5-10)29(25,26)21-18-13(22)8-15-17(18)12-2-1-3-14(19(12)28-15)27-9-16(23)24/h1-7,13,15,17-18,21-22H,8-9H2,(H,23,24). The average Bonchev–Trinajstić information content (AvgIpc) is 3.16. The summed E-state index contributed by atoms with van der Waals surface area (Å²) < 4.78 is 52.2. The molecule has 3 N–H and O–H groups in total. The molecule has 4 atom stereocenters. The lowest BCUT2D eigenvalue weighted by molar-refractivity contribution is -0.139. The van der Waals surface area contributed by atoms with Gasteiger partial charge in [0.1, 0.15) is 11.9 Å². The highest BCUT2D eigenvalue weighted by atomic mass is 32.2. The quantitative estimate of drug-likeness (QED) is 0.639. The third-order valence-corrected chi connectivity index (χ3v) is 6.56. The number of hydrogen-bond acceptors (Lipinski definition) is 6. The second-order valence-corrected chi connectivity index (χ2v) is 8.66. The van der Waals surface area contributed by atoms with Crippen LogP contribution in [-0.2, 0) is 14.8 Å². The molecule has 0 amide bonds. The first-order chi connectivity index (χ1) is 13.8. The lowest BCUT2D eigenvalue weighted by Gasteiger charge is -2.22. The molecule has 2 aromatic carbocycles. The van der Waals surface area contributed by atoms with Crippen LogP contribution < -0.4 is 14.2 Å². The number of carboxylic acids is 1. The monoisotopic (exact) mass is 423 g/mol. The molecule has 10 heteroatoms. The minimum Gasteiger partial charge on any atom is -0.485 e. The summed E-state index contributed by atoms with van der Waals surface area (Å²) >= 11 is 0. The molecular weight excluding hydrogens is 405 g/mol. The maximum absolute atomic E-state index is 13.1. The van der Waals surface area contributed by atoms with Gasteiger partial charge in [-0.3, -0.25) is 0 Å². The van der Waals surface area contributed by atoms with Crippen molar-refractivity contribution in [3.63, 3.8) is 0 Å². The zero-order valence-corrected chi connectivity index (χ0v) is 15.8. The number of para-hydroxylation sites is 1. The van der Waals surface area contributed by atoms with Crippen LogP contribution in [0.4, 0.5) is 4.39 Å². The zero-order valence-electron chi connectivity index (χ0n) is 15.0. The van der Waals surface area contributed by atoms with Crippen LogP contribution in [0, 0.1) is 5.82 Å². The summed E-state index contributed by atoms with van der Waals surface area (Å²) in [6.45, 7) is -0.543. The van der Waals surface area contributed by atoms with E-state index in [-0.39, 0.29) is 17.1 Å². The van der Waals surface area contributed by atoms with Crippen LogP contribution in [0.25, 0.3) is 0 Å². The van der Waals surface area contributed by atoms with Gasteiger partial charge in [-0.2, -0.15) is 0 Å². The summed E-state index contributed by atoms with van der Waals surface area (Å²) in [5.74, 6) is -1.59. The Kier molecular flexibility index (Phi) is 4.93. The molecule has 1 saturated carbocycles. The van der Waals surface area contributed by atoms with E-state index < -0.39 is 52.6 Å². The van der Waals surface area contributed by atoms with Gasteiger partial charge in [-0.05, 0) is 30.3 Å². The Morgan fingerprint density at radius 2 is 1.97 bits per heavy atom. The Morgan fingerprint density at radius 3 is 2.66 bits per heavy atom. The van der Waals surface area contributed by atoms with Crippen LogP contribution >= 0.6 is 0 Å². The zero-order chi connectivity index (χ0) is 20.8. The van der Waals surface area contributed by atoms with Crippen LogP contribution in [0.2, 0.25) is 0 Å². The van der Waals surface area contributed by atoms with Crippen LogP contribution in [0.1, 0.15) is 17.9 Å². The highest BCUT2D eigenvalue weighted by molar-refractivity contribution is 7.89. The van der Waals surface area contributed by atoms with Crippen LogP contribution in [-0.4, -0.2) is 49.5 Å². The van der Waals surface area contributed by atoms with Gasteiger partial charge in [0.25, 0.3) is 0 Å². The number of carboxylic acid groups (broad SMARTS) is 1. The second kappa shape index (κ2) is 7.29. The molecule has 1 heterocycles. The Hall–Kier alpha value is -2.69. The minimum atomic E-state index is -4.01. The Bertz CT molecular complexity index is 1040. The topological polar surface area (TPSA) is 122 Å². The second-order valence-electron chi connectivity index (χ2n) is 6.94.